The lowest BCUT2D eigenvalue weighted by Gasteiger charge is -2.74. The fraction of sp³-hybridized carbons (Fsp3) is 0.600. The quantitative estimate of drug-likeness (QED) is 0.796. The lowest BCUT2D eigenvalue weighted by Crippen LogP contribution is -2.76. The maximum atomic E-state index is 5.59. The fourth-order valence-corrected chi connectivity index (χ4v) is 3.95. The molecule has 5 rings (SSSR count). The van der Waals surface area contributed by atoms with Crippen LogP contribution in [-0.4, -0.2) is 37.1 Å². The molecule has 2 bridgehead atoms. The summed E-state index contributed by atoms with van der Waals surface area (Å²) in [4.78, 5) is 2.39. The number of ether oxygens (including phenoxy) is 2. The standard InChI is InChI=1S/C15H19NO2/c1-2-4-13(5-3-1)14-8-15(9-14,10-14)16-11-17-6-7-18-12-16/h1-5H,6-12H2. The van der Waals surface area contributed by atoms with Crippen LogP contribution in [0.15, 0.2) is 30.3 Å². The lowest BCUT2D eigenvalue weighted by molar-refractivity contribution is -0.209. The van der Waals surface area contributed by atoms with Crippen molar-refractivity contribution in [1.82, 2.24) is 4.90 Å². The summed E-state index contributed by atoms with van der Waals surface area (Å²) in [7, 11) is 0. The summed E-state index contributed by atoms with van der Waals surface area (Å²) in [5.41, 5.74) is 2.36. The first-order valence-corrected chi connectivity index (χ1v) is 6.79. The average Bonchev–Trinajstić information content (AvgIpc) is 2.56. The van der Waals surface area contributed by atoms with Crippen LogP contribution in [0.5, 0.6) is 0 Å². The Kier molecular flexibility index (Phi) is 2.31. The van der Waals surface area contributed by atoms with E-state index in [-0.39, 0.29) is 0 Å². The summed E-state index contributed by atoms with van der Waals surface area (Å²) < 4.78 is 11.2. The molecule has 0 amide bonds. The molecule has 96 valence electrons. The van der Waals surface area contributed by atoms with Gasteiger partial charge in [-0.2, -0.15) is 0 Å². The molecule has 0 unspecified atom stereocenters. The van der Waals surface area contributed by atoms with E-state index >= 15 is 0 Å². The number of hydrogen-bond donors (Lipinski definition) is 0. The van der Waals surface area contributed by atoms with Gasteiger partial charge in [0.25, 0.3) is 0 Å². The molecule has 3 saturated carbocycles. The van der Waals surface area contributed by atoms with Crippen LogP contribution in [0.2, 0.25) is 0 Å². The maximum Gasteiger partial charge on any atom is 0.101 e. The molecule has 1 saturated heterocycles. The minimum Gasteiger partial charge on any atom is -0.364 e. The zero-order valence-electron chi connectivity index (χ0n) is 10.6. The normalized spacial score (nSPS) is 39.6. The van der Waals surface area contributed by atoms with Gasteiger partial charge >= 0.3 is 0 Å². The van der Waals surface area contributed by atoms with Gasteiger partial charge in [0.05, 0.1) is 13.2 Å². The molecule has 0 radical (unpaired) electrons. The number of hydrogen-bond acceptors (Lipinski definition) is 3. The molecule has 0 spiro atoms. The van der Waals surface area contributed by atoms with E-state index < -0.39 is 0 Å². The first-order valence-electron chi connectivity index (χ1n) is 6.79. The van der Waals surface area contributed by atoms with Crippen molar-refractivity contribution in [3.63, 3.8) is 0 Å². The van der Waals surface area contributed by atoms with Crippen LogP contribution in [0.1, 0.15) is 24.8 Å². The molecule has 1 aromatic rings. The van der Waals surface area contributed by atoms with E-state index in [1.807, 2.05) is 0 Å². The highest BCUT2D eigenvalue weighted by atomic mass is 16.6. The highest BCUT2D eigenvalue weighted by Gasteiger charge is 2.70. The van der Waals surface area contributed by atoms with Crippen LogP contribution in [0.3, 0.4) is 0 Å². The van der Waals surface area contributed by atoms with Crippen molar-refractivity contribution in [3.05, 3.63) is 35.9 Å². The smallest absolute Gasteiger partial charge is 0.101 e. The van der Waals surface area contributed by atoms with Crippen LogP contribution in [0.4, 0.5) is 0 Å². The Hall–Kier alpha value is -0.900. The highest BCUT2D eigenvalue weighted by Crippen LogP contribution is 2.70. The van der Waals surface area contributed by atoms with E-state index in [1.165, 1.54) is 24.8 Å². The van der Waals surface area contributed by atoms with E-state index in [0.717, 1.165) is 26.7 Å². The fourth-order valence-electron chi connectivity index (χ4n) is 3.95. The first kappa shape index (κ1) is 11.0. The molecule has 1 heterocycles. The van der Waals surface area contributed by atoms with Crippen molar-refractivity contribution >= 4 is 0 Å². The summed E-state index contributed by atoms with van der Waals surface area (Å²) in [6.07, 6.45) is 3.82. The van der Waals surface area contributed by atoms with Gasteiger partial charge in [0.1, 0.15) is 13.5 Å². The maximum absolute atomic E-state index is 5.59. The average molecular weight is 245 g/mol. The molecule has 4 aliphatic rings. The minimum atomic E-state index is 0.375. The topological polar surface area (TPSA) is 21.7 Å². The van der Waals surface area contributed by atoms with Crippen LogP contribution < -0.4 is 0 Å². The van der Waals surface area contributed by atoms with Crippen LogP contribution in [0.25, 0.3) is 0 Å². The Balaban J connectivity index is 1.47. The minimum absolute atomic E-state index is 0.375. The third-order valence-electron chi connectivity index (χ3n) is 4.93. The second kappa shape index (κ2) is 3.80. The Labute approximate surface area is 108 Å². The summed E-state index contributed by atoms with van der Waals surface area (Å²) in [5, 5.41) is 0. The van der Waals surface area contributed by atoms with E-state index in [9.17, 15) is 0 Å². The van der Waals surface area contributed by atoms with Crippen molar-refractivity contribution in [2.45, 2.75) is 30.2 Å². The molecular weight excluding hydrogens is 226 g/mol. The van der Waals surface area contributed by atoms with Crippen LogP contribution >= 0.6 is 0 Å². The number of rotatable bonds is 2. The Morgan fingerprint density at radius 3 is 2.11 bits per heavy atom. The SMILES string of the molecule is c1ccc(C23CC(N4COCCOC4)(C2)C3)cc1. The Bertz CT molecular complexity index is 417. The molecular formula is C15H19NO2. The van der Waals surface area contributed by atoms with Crippen molar-refractivity contribution in [2.75, 3.05) is 26.7 Å². The molecule has 1 aromatic carbocycles. The predicted octanol–water partition coefficient (Wildman–Crippen LogP) is 2.12. The molecule has 4 fully saturated rings. The summed E-state index contributed by atoms with van der Waals surface area (Å²) in [6.45, 7) is 2.95. The van der Waals surface area contributed by atoms with Crippen molar-refractivity contribution in [1.29, 1.82) is 0 Å². The molecule has 0 atom stereocenters. The van der Waals surface area contributed by atoms with Gasteiger partial charge < -0.3 is 9.47 Å². The molecule has 18 heavy (non-hydrogen) atoms. The summed E-state index contributed by atoms with van der Waals surface area (Å²) in [5.74, 6) is 0. The summed E-state index contributed by atoms with van der Waals surface area (Å²) >= 11 is 0. The van der Waals surface area contributed by atoms with Gasteiger partial charge in [-0.15, -0.1) is 0 Å². The summed E-state index contributed by atoms with van der Waals surface area (Å²) in [6, 6.07) is 11.0. The molecule has 3 heteroatoms. The second-order valence-corrected chi connectivity index (χ2v) is 6.02. The van der Waals surface area contributed by atoms with Gasteiger partial charge in [0.15, 0.2) is 0 Å². The molecule has 0 aromatic heterocycles. The van der Waals surface area contributed by atoms with Gasteiger partial charge in [0.2, 0.25) is 0 Å². The van der Waals surface area contributed by atoms with Crippen LogP contribution in [0, 0.1) is 0 Å². The number of benzene rings is 1. The second-order valence-electron chi connectivity index (χ2n) is 6.02. The van der Waals surface area contributed by atoms with E-state index in [4.69, 9.17) is 9.47 Å². The van der Waals surface area contributed by atoms with Gasteiger partial charge in [0, 0.05) is 11.0 Å². The van der Waals surface area contributed by atoms with Crippen LogP contribution in [-0.2, 0) is 14.9 Å². The molecule has 3 aliphatic carbocycles. The van der Waals surface area contributed by atoms with Gasteiger partial charge in [-0.3, -0.25) is 4.90 Å². The van der Waals surface area contributed by atoms with E-state index in [2.05, 4.69) is 35.2 Å². The van der Waals surface area contributed by atoms with E-state index in [0.29, 0.717) is 11.0 Å². The predicted molar refractivity (Wildman–Crippen MR) is 68.2 cm³/mol. The third kappa shape index (κ3) is 1.41. The van der Waals surface area contributed by atoms with Gasteiger partial charge in [-0.05, 0) is 24.8 Å². The van der Waals surface area contributed by atoms with Gasteiger partial charge in [-0.25, -0.2) is 0 Å². The largest absolute Gasteiger partial charge is 0.364 e. The zero-order chi connectivity index (χ0) is 12.1. The highest BCUT2D eigenvalue weighted by molar-refractivity contribution is 5.41. The van der Waals surface area contributed by atoms with Crippen molar-refractivity contribution < 1.29 is 9.47 Å². The number of nitrogens with zero attached hydrogens (tertiary/aromatic N) is 1. The molecule has 3 nitrogen and oxygen atoms in total. The molecule has 0 N–H and O–H groups in total. The lowest BCUT2D eigenvalue weighted by atomic mass is 9.37. The Morgan fingerprint density at radius 1 is 0.889 bits per heavy atom. The zero-order valence-corrected chi connectivity index (χ0v) is 10.6. The monoisotopic (exact) mass is 245 g/mol. The third-order valence-corrected chi connectivity index (χ3v) is 4.93. The van der Waals surface area contributed by atoms with Crippen molar-refractivity contribution in [2.24, 2.45) is 0 Å². The Morgan fingerprint density at radius 2 is 1.50 bits per heavy atom. The molecule has 1 aliphatic heterocycles. The van der Waals surface area contributed by atoms with E-state index in [1.54, 1.807) is 0 Å². The van der Waals surface area contributed by atoms with Crippen molar-refractivity contribution in [3.8, 4) is 0 Å². The first-order chi connectivity index (χ1) is 8.83. The van der Waals surface area contributed by atoms with Gasteiger partial charge in [-0.1, -0.05) is 30.3 Å².